The smallest absolute Gasteiger partial charge is 0.0416 e. The zero-order valence-corrected chi connectivity index (χ0v) is 11.4. The normalized spacial score (nSPS) is 24.4. The molecule has 0 spiro atoms. The van der Waals surface area contributed by atoms with Crippen LogP contribution in [-0.2, 0) is 6.42 Å². The van der Waals surface area contributed by atoms with Crippen molar-refractivity contribution in [3.8, 4) is 0 Å². The minimum Gasteiger partial charge on any atom is -0.328 e. The largest absolute Gasteiger partial charge is 0.328 e. The fraction of sp³-hybridized carbons (Fsp3) is 0.667. The van der Waals surface area contributed by atoms with Crippen molar-refractivity contribution in [2.75, 3.05) is 13.1 Å². The number of pyridine rings is 1. The first-order chi connectivity index (χ1) is 8.79. The van der Waals surface area contributed by atoms with Gasteiger partial charge in [-0.25, -0.2) is 0 Å². The van der Waals surface area contributed by atoms with Gasteiger partial charge in [0.05, 0.1) is 0 Å². The average Bonchev–Trinajstić information content (AvgIpc) is 2.42. The van der Waals surface area contributed by atoms with Gasteiger partial charge >= 0.3 is 0 Å². The van der Waals surface area contributed by atoms with E-state index in [1.165, 1.54) is 31.4 Å². The molecule has 3 nitrogen and oxygen atoms in total. The van der Waals surface area contributed by atoms with E-state index in [0.717, 1.165) is 25.6 Å². The predicted molar refractivity (Wildman–Crippen MR) is 75.4 cm³/mol. The van der Waals surface area contributed by atoms with Gasteiger partial charge in [0.25, 0.3) is 0 Å². The summed E-state index contributed by atoms with van der Waals surface area (Å²) in [5.41, 5.74) is 7.17. The molecule has 2 N–H and O–H groups in total. The van der Waals surface area contributed by atoms with Crippen LogP contribution in [-0.4, -0.2) is 35.1 Å². The molecule has 0 saturated heterocycles. The number of likely N-dealkylation sites (N-methyl/N-ethyl adjacent to an activating group) is 1. The van der Waals surface area contributed by atoms with Crippen LogP contribution in [0.1, 0.15) is 38.3 Å². The van der Waals surface area contributed by atoms with E-state index in [0.29, 0.717) is 6.04 Å². The highest BCUT2D eigenvalue weighted by Gasteiger charge is 2.22. The molecule has 2 rings (SSSR count). The lowest BCUT2D eigenvalue weighted by Crippen LogP contribution is -2.41. The zero-order chi connectivity index (χ0) is 12.8. The third kappa shape index (κ3) is 3.79. The highest BCUT2D eigenvalue weighted by molar-refractivity contribution is 5.03. The predicted octanol–water partition coefficient (Wildman–Crippen LogP) is 2.22. The summed E-state index contributed by atoms with van der Waals surface area (Å²) in [5.74, 6) is 0. The Bertz CT molecular complexity index is 331. The van der Waals surface area contributed by atoms with Crippen LogP contribution < -0.4 is 5.73 Å². The van der Waals surface area contributed by atoms with Crippen molar-refractivity contribution in [1.29, 1.82) is 0 Å². The number of nitrogens with zero attached hydrogens (tertiary/aromatic N) is 2. The second-order valence-corrected chi connectivity index (χ2v) is 5.27. The zero-order valence-electron chi connectivity index (χ0n) is 11.4. The third-order valence-corrected chi connectivity index (χ3v) is 4.05. The average molecular weight is 247 g/mol. The summed E-state index contributed by atoms with van der Waals surface area (Å²) < 4.78 is 0. The molecule has 0 unspecified atom stereocenters. The van der Waals surface area contributed by atoms with Crippen LogP contribution in [0, 0.1) is 0 Å². The molecular formula is C15H25N3. The Balaban J connectivity index is 1.82. The van der Waals surface area contributed by atoms with Crippen molar-refractivity contribution in [3.63, 3.8) is 0 Å². The minimum absolute atomic E-state index is 0.441. The van der Waals surface area contributed by atoms with Crippen LogP contribution in [0.2, 0.25) is 0 Å². The van der Waals surface area contributed by atoms with E-state index in [9.17, 15) is 0 Å². The maximum Gasteiger partial charge on any atom is 0.0416 e. The molecule has 0 aromatic carbocycles. The maximum atomic E-state index is 5.98. The molecule has 1 saturated carbocycles. The fourth-order valence-electron chi connectivity index (χ4n) is 2.87. The fourth-order valence-corrected chi connectivity index (χ4v) is 2.87. The van der Waals surface area contributed by atoms with E-state index in [-0.39, 0.29) is 0 Å². The molecular weight excluding hydrogens is 222 g/mol. The Labute approximate surface area is 110 Å². The summed E-state index contributed by atoms with van der Waals surface area (Å²) in [6.45, 7) is 4.51. The molecule has 18 heavy (non-hydrogen) atoms. The van der Waals surface area contributed by atoms with Gasteiger partial charge in [0.2, 0.25) is 0 Å². The number of rotatable bonds is 5. The summed E-state index contributed by atoms with van der Waals surface area (Å²) in [4.78, 5) is 6.99. The number of nitrogens with two attached hydrogens (primary N) is 1. The van der Waals surface area contributed by atoms with E-state index in [2.05, 4.69) is 28.9 Å². The highest BCUT2D eigenvalue weighted by Crippen LogP contribution is 2.22. The van der Waals surface area contributed by atoms with E-state index < -0.39 is 0 Å². The second kappa shape index (κ2) is 6.86. The molecule has 3 heteroatoms. The minimum atomic E-state index is 0.441. The molecule has 1 aromatic rings. The van der Waals surface area contributed by atoms with Gasteiger partial charge in [0, 0.05) is 36.9 Å². The van der Waals surface area contributed by atoms with Crippen molar-refractivity contribution < 1.29 is 0 Å². The van der Waals surface area contributed by atoms with Gasteiger partial charge in [0.15, 0.2) is 0 Å². The molecule has 1 heterocycles. The molecule has 0 radical (unpaired) electrons. The first kappa shape index (κ1) is 13.5. The summed E-state index contributed by atoms with van der Waals surface area (Å²) in [6.07, 6.45) is 7.83. The van der Waals surface area contributed by atoms with Crippen LogP contribution in [0.5, 0.6) is 0 Å². The van der Waals surface area contributed by atoms with Gasteiger partial charge < -0.3 is 10.6 Å². The first-order valence-corrected chi connectivity index (χ1v) is 7.19. The summed E-state index contributed by atoms with van der Waals surface area (Å²) >= 11 is 0. The van der Waals surface area contributed by atoms with Gasteiger partial charge in [-0.2, -0.15) is 0 Å². The highest BCUT2D eigenvalue weighted by atomic mass is 15.1. The maximum absolute atomic E-state index is 5.98. The molecule has 100 valence electrons. The Kier molecular flexibility index (Phi) is 5.14. The van der Waals surface area contributed by atoms with Crippen LogP contribution in [0.4, 0.5) is 0 Å². The van der Waals surface area contributed by atoms with E-state index >= 15 is 0 Å². The molecule has 1 aromatic heterocycles. The number of hydrogen-bond acceptors (Lipinski definition) is 3. The van der Waals surface area contributed by atoms with Gasteiger partial charge in [-0.15, -0.1) is 0 Å². The lowest BCUT2D eigenvalue weighted by Gasteiger charge is -2.35. The van der Waals surface area contributed by atoms with Crippen molar-refractivity contribution in [1.82, 2.24) is 9.88 Å². The Morgan fingerprint density at radius 2 is 2.06 bits per heavy atom. The molecule has 0 bridgehead atoms. The topological polar surface area (TPSA) is 42.2 Å². The lowest BCUT2D eigenvalue weighted by atomic mass is 9.90. The SMILES string of the molecule is CCN(CCc1ccccn1)C1CCC(N)CC1. The monoisotopic (exact) mass is 247 g/mol. The standard InChI is InChI=1S/C15H25N3/c1-2-18(15-8-6-13(16)7-9-15)12-10-14-5-3-4-11-17-14/h3-5,11,13,15H,2,6-10,12,16H2,1H3. The van der Waals surface area contributed by atoms with Gasteiger partial charge in [-0.3, -0.25) is 4.98 Å². The van der Waals surface area contributed by atoms with Crippen molar-refractivity contribution in [2.45, 2.75) is 51.1 Å². The number of aromatic nitrogens is 1. The van der Waals surface area contributed by atoms with Crippen LogP contribution >= 0.6 is 0 Å². The molecule has 0 aliphatic heterocycles. The number of hydrogen-bond donors (Lipinski definition) is 1. The van der Waals surface area contributed by atoms with Gasteiger partial charge in [-0.1, -0.05) is 13.0 Å². The Morgan fingerprint density at radius 3 is 2.67 bits per heavy atom. The lowest BCUT2D eigenvalue weighted by molar-refractivity contribution is 0.158. The summed E-state index contributed by atoms with van der Waals surface area (Å²) in [7, 11) is 0. The van der Waals surface area contributed by atoms with Gasteiger partial charge in [-0.05, 0) is 44.4 Å². The van der Waals surface area contributed by atoms with Crippen LogP contribution in [0.15, 0.2) is 24.4 Å². The van der Waals surface area contributed by atoms with Gasteiger partial charge in [0.1, 0.15) is 0 Å². The first-order valence-electron chi connectivity index (χ1n) is 7.19. The Morgan fingerprint density at radius 1 is 1.28 bits per heavy atom. The molecule has 0 atom stereocenters. The van der Waals surface area contributed by atoms with Crippen LogP contribution in [0.25, 0.3) is 0 Å². The molecule has 1 fully saturated rings. The summed E-state index contributed by atoms with van der Waals surface area (Å²) in [6, 6.07) is 7.33. The van der Waals surface area contributed by atoms with E-state index in [1.54, 1.807) is 0 Å². The molecule has 1 aliphatic carbocycles. The second-order valence-electron chi connectivity index (χ2n) is 5.27. The van der Waals surface area contributed by atoms with Crippen molar-refractivity contribution >= 4 is 0 Å². The Hall–Kier alpha value is -0.930. The molecule has 0 amide bonds. The van der Waals surface area contributed by atoms with Crippen LogP contribution in [0.3, 0.4) is 0 Å². The molecule has 1 aliphatic rings. The quantitative estimate of drug-likeness (QED) is 0.867. The van der Waals surface area contributed by atoms with E-state index in [1.807, 2.05) is 12.3 Å². The van der Waals surface area contributed by atoms with Crippen molar-refractivity contribution in [3.05, 3.63) is 30.1 Å². The van der Waals surface area contributed by atoms with Crippen molar-refractivity contribution in [2.24, 2.45) is 5.73 Å². The third-order valence-electron chi connectivity index (χ3n) is 4.05. The van der Waals surface area contributed by atoms with E-state index in [4.69, 9.17) is 5.73 Å². The summed E-state index contributed by atoms with van der Waals surface area (Å²) in [5, 5.41) is 0.